The van der Waals surface area contributed by atoms with Crippen LogP contribution in [0, 0.1) is 11.7 Å². The number of rotatable bonds is 6. The van der Waals surface area contributed by atoms with Gasteiger partial charge in [-0.2, -0.15) is 0 Å². The molecule has 3 aromatic rings. The Balaban J connectivity index is 1.85. The van der Waals surface area contributed by atoms with Crippen LogP contribution in [0.5, 0.6) is 0 Å². The van der Waals surface area contributed by atoms with Crippen molar-refractivity contribution in [3.05, 3.63) is 62.6 Å². The number of nitrogens with zero attached hydrogens (tertiary/aromatic N) is 2. The lowest BCUT2D eigenvalue weighted by Crippen LogP contribution is -2.26. The minimum Gasteiger partial charge on any atom is -0.324 e. The summed E-state index contributed by atoms with van der Waals surface area (Å²) in [5.41, 5.74) is 0.638. The van der Waals surface area contributed by atoms with E-state index >= 15 is 0 Å². The van der Waals surface area contributed by atoms with Crippen LogP contribution in [0.2, 0.25) is 10.0 Å². The van der Waals surface area contributed by atoms with Crippen molar-refractivity contribution in [3.63, 3.8) is 0 Å². The van der Waals surface area contributed by atoms with Crippen LogP contribution in [0.25, 0.3) is 10.9 Å². The van der Waals surface area contributed by atoms with Crippen molar-refractivity contribution in [2.45, 2.75) is 25.5 Å². The average molecular weight is 454 g/mol. The highest BCUT2D eigenvalue weighted by atomic mass is 35.5. The van der Waals surface area contributed by atoms with E-state index in [0.29, 0.717) is 33.3 Å². The smallest absolute Gasteiger partial charge is 0.262 e. The molecule has 0 saturated heterocycles. The number of hydrogen-bond donors (Lipinski definition) is 1. The van der Waals surface area contributed by atoms with Crippen LogP contribution in [0.4, 0.5) is 10.1 Å². The third-order valence-electron chi connectivity index (χ3n) is 3.97. The largest absolute Gasteiger partial charge is 0.324 e. The van der Waals surface area contributed by atoms with Crippen LogP contribution in [-0.2, 0) is 11.3 Å². The Hall–Kier alpha value is -2.09. The van der Waals surface area contributed by atoms with Crippen LogP contribution in [0.1, 0.15) is 13.8 Å². The Morgan fingerprint density at radius 2 is 2.00 bits per heavy atom. The highest BCUT2D eigenvalue weighted by Gasteiger charge is 2.15. The van der Waals surface area contributed by atoms with Gasteiger partial charge < -0.3 is 5.32 Å². The summed E-state index contributed by atoms with van der Waals surface area (Å²) in [5.74, 6) is -0.611. The maximum Gasteiger partial charge on any atom is 0.262 e. The summed E-state index contributed by atoms with van der Waals surface area (Å²) in [5, 5.41) is 4.09. The van der Waals surface area contributed by atoms with Crippen LogP contribution < -0.4 is 10.9 Å². The number of hydrogen-bond acceptors (Lipinski definition) is 4. The summed E-state index contributed by atoms with van der Waals surface area (Å²) < 4.78 is 14.7. The van der Waals surface area contributed by atoms with Crippen molar-refractivity contribution < 1.29 is 9.18 Å². The van der Waals surface area contributed by atoms with E-state index < -0.39 is 5.82 Å². The molecule has 0 fully saturated rings. The molecule has 0 aliphatic carbocycles. The molecule has 152 valence electrons. The van der Waals surface area contributed by atoms with Crippen molar-refractivity contribution in [2.24, 2.45) is 5.92 Å². The van der Waals surface area contributed by atoms with Gasteiger partial charge in [-0.1, -0.05) is 48.8 Å². The molecule has 1 heterocycles. The average Bonchev–Trinajstić information content (AvgIpc) is 2.65. The molecule has 0 aliphatic rings. The lowest BCUT2D eigenvalue weighted by atomic mass is 10.2. The van der Waals surface area contributed by atoms with E-state index in [1.807, 2.05) is 13.8 Å². The standard InChI is InChI=1S/C20H18Cl2FN3O2S/c1-11(2)9-26-19(28)14-7-12(21)3-5-16(14)25-20(26)29-10-18(27)24-17-6-4-13(23)8-15(17)22/h3-8,11H,9-10H2,1-2H3,(H,24,27). The molecule has 0 aliphatic heterocycles. The lowest BCUT2D eigenvalue weighted by molar-refractivity contribution is -0.113. The molecular weight excluding hydrogens is 436 g/mol. The number of amides is 1. The predicted molar refractivity (Wildman–Crippen MR) is 117 cm³/mol. The fraction of sp³-hybridized carbons (Fsp3) is 0.250. The molecule has 0 bridgehead atoms. The zero-order valence-corrected chi connectivity index (χ0v) is 18.0. The lowest BCUT2D eigenvalue weighted by Gasteiger charge is -2.15. The second kappa shape index (κ2) is 9.15. The molecule has 0 radical (unpaired) electrons. The summed E-state index contributed by atoms with van der Waals surface area (Å²) in [6.07, 6.45) is 0. The number of fused-ring (bicyclic) bond motifs is 1. The second-order valence-corrected chi connectivity index (χ2v) is 8.61. The van der Waals surface area contributed by atoms with E-state index in [4.69, 9.17) is 23.2 Å². The second-order valence-electron chi connectivity index (χ2n) is 6.83. The first kappa shape index (κ1) is 21.6. The maximum atomic E-state index is 13.1. The Kier molecular flexibility index (Phi) is 6.82. The van der Waals surface area contributed by atoms with Gasteiger partial charge in [0, 0.05) is 11.6 Å². The summed E-state index contributed by atoms with van der Waals surface area (Å²) >= 11 is 13.1. The van der Waals surface area contributed by atoms with E-state index in [-0.39, 0.29) is 28.2 Å². The minimum atomic E-state index is -0.486. The van der Waals surface area contributed by atoms with Gasteiger partial charge >= 0.3 is 0 Å². The molecule has 1 amide bonds. The Morgan fingerprint density at radius 1 is 1.24 bits per heavy atom. The number of carbonyl (C=O) groups is 1. The summed E-state index contributed by atoms with van der Waals surface area (Å²) in [7, 11) is 0. The first-order chi connectivity index (χ1) is 13.7. The molecule has 1 aromatic heterocycles. The topological polar surface area (TPSA) is 64.0 Å². The van der Waals surface area contributed by atoms with Gasteiger partial charge in [0.25, 0.3) is 5.56 Å². The summed E-state index contributed by atoms with van der Waals surface area (Å²) in [6.45, 7) is 4.45. The molecule has 0 unspecified atom stereocenters. The quantitative estimate of drug-likeness (QED) is 0.409. The van der Waals surface area contributed by atoms with E-state index in [1.54, 1.807) is 22.8 Å². The van der Waals surface area contributed by atoms with Crippen molar-refractivity contribution in [1.29, 1.82) is 0 Å². The molecule has 5 nitrogen and oxygen atoms in total. The molecule has 2 aromatic carbocycles. The molecule has 9 heteroatoms. The fourth-order valence-corrected chi connectivity index (χ4v) is 3.91. The van der Waals surface area contributed by atoms with Gasteiger partial charge in [-0.05, 0) is 42.3 Å². The SMILES string of the molecule is CC(C)Cn1c(SCC(=O)Nc2ccc(F)cc2Cl)nc2ccc(Cl)cc2c1=O. The van der Waals surface area contributed by atoms with Crippen LogP contribution in [0.3, 0.4) is 0 Å². The van der Waals surface area contributed by atoms with Crippen molar-refractivity contribution in [1.82, 2.24) is 9.55 Å². The van der Waals surface area contributed by atoms with E-state index in [0.717, 1.165) is 17.8 Å². The third kappa shape index (κ3) is 5.29. The first-order valence-electron chi connectivity index (χ1n) is 8.82. The van der Waals surface area contributed by atoms with Crippen molar-refractivity contribution in [2.75, 3.05) is 11.1 Å². The molecule has 29 heavy (non-hydrogen) atoms. The molecular formula is C20H18Cl2FN3O2S. The van der Waals surface area contributed by atoms with Crippen LogP contribution in [0.15, 0.2) is 46.3 Å². The van der Waals surface area contributed by atoms with E-state index in [9.17, 15) is 14.0 Å². The normalized spacial score (nSPS) is 11.2. The van der Waals surface area contributed by atoms with Gasteiger partial charge in [0.05, 0.1) is 27.4 Å². The Bertz CT molecular complexity index is 1130. The van der Waals surface area contributed by atoms with E-state index in [1.165, 1.54) is 12.1 Å². The number of aromatic nitrogens is 2. The zero-order valence-electron chi connectivity index (χ0n) is 15.7. The van der Waals surface area contributed by atoms with Gasteiger partial charge in [0.1, 0.15) is 5.82 Å². The monoisotopic (exact) mass is 453 g/mol. The van der Waals surface area contributed by atoms with Crippen molar-refractivity contribution >= 4 is 57.5 Å². The van der Waals surface area contributed by atoms with Gasteiger partial charge in [0.2, 0.25) is 5.91 Å². The van der Waals surface area contributed by atoms with Gasteiger partial charge in [-0.15, -0.1) is 0 Å². The fourth-order valence-electron chi connectivity index (χ4n) is 2.72. The van der Waals surface area contributed by atoms with Crippen LogP contribution >= 0.6 is 35.0 Å². The molecule has 0 atom stereocenters. The number of nitrogens with one attached hydrogen (secondary N) is 1. The number of halogens is 3. The van der Waals surface area contributed by atoms with Crippen LogP contribution in [-0.4, -0.2) is 21.2 Å². The zero-order chi connectivity index (χ0) is 21.1. The highest BCUT2D eigenvalue weighted by Crippen LogP contribution is 2.24. The molecule has 0 saturated carbocycles. The third-order valence-corrected chi connectivity index (χ3v) is 5.49. The molecule has 3 rings (SSSR count). The first-order valence-corrected chi connectivity index (χ1v) is 10.6. The Labute approximate surface area is 181 Å². The maximum absolute atomic E-state index is 13.1. The number of anilines is 1. The number of carbonyl (C=O) groups excluding carboxylic acids is 1. The van der Waals surface area contributed by atoms with E-state index in [2.05, 4.69) is 10.3 Å². The summed E-state index contributed by atoms with van der Waals surface area (Å²) in [6, 6.07) is 8.68. The predicted octanol–water partition coefficient (Wildman–Crippen LogP) is 5.23. The van der Waals surface area contributed by atoms with Gasteiger partial charge in [-0.3, -0.25) is 14.2 Å². The van der Waals surface area contributed by atoms with Gasteiger partial charge in [0.15, 0.2) is 5.16 Å². The van der Waals surface area contributed by atoms with Gasteiger partial charge in [-0.25, -0.2) is 9.37 Å². The number of thioether (sulfide) groups is 1. The minimum absolute atomic E-state index is 0.0112. The molecule has 0 spiro atoms. The molecule has 1 N–H and O–H groups in total. The summed E-state index contributed by atoms with van der Waals surface area (Å²) in [4.78, 5) is 29.8. The Morgan fingerprint density at radius 3 is 2.69 bits per heavy atom. The van der Waals surface area contributed by atoms with Crippen molar-refractivity contribution in [3.8, 4) is 0 Å². The number of benzene rings is 2. The highest BCUT2D eigenvalue weighted by molar-refractivity contribution is 7.99.